The molecule has 0 saturated carbocycles. The van der Waals surface area contributed by atoms with Gasteiger partial charge in [0.05, 0.1) is 62.8 Å². The van der Waals surface area contributed by atoms with E-state index in [1.165, 1.54) is 66.7 Å². The lowest BCUT2D eigenvalue weighted by molar-refractivity contribution is -0.434. The molecule has 0 bridgehead atoms. The second-order valence-electron chi connectivity index (χ2n) is 10.3. The van der Waals surface area contributed by atoms with Crippen LogP contribution in [0.15, 0.2) is 102 Å². The minimum Gasteiger partial charge on any atom is -0.505 e. The maximum Gasteiger partial charge on any atom is 0.283 e. The number of anilines is 1. The predicted molar refractivity (Wildman–Crippen MR) is 198 cm³/mol. The lowest BCUT2D eigenvalue weighted by atomic mass is 10.1. The van der Waals surface area contributed by atoms with Crippen molar-refractivity contribution in [3.63, 3.8) is 0 Å². The summed E-state index contributed by atoms with van der Waals surface area (Å²) in [5.41, 5.74) is -0.765. The molecular weight excluding hydrogens is 891 g/mol. The molecule has 0 unspecified atom stereocenters. The van der Waals surface area contributed by atoms with E-state index in [4.69, 9.17) is 24.1 Å². The molecule has 0 atom stereocenters. The third-order valence-corrected chi connectivity index (χ3v) is 12.1. The Kier molecular flexibility index (Phi) is 17.7. The summed E-state index contributed by atoms with van der Waals surface area (Å²) in [6, 6.07) is 14.5. The van der Waals surface area contributed by atoms with Crippen molar-refractivity contribution >= 4 is 106 Å². The molecule has 0 aliphatic heterocycles. The second kappa shape index (κ2) is 21.9. The summed E-state index contributed by atoms with van der Waals surface area (Å²) in [6.07, 6.45) is 0. The number of hydrogen-bond donors (Lipinski definition) is 6. The Labute approximate surface area is 334 Å². The first kappa shape index (κ1) is 46.1. The Hall–Kier alpha value is -3.64. The van der Waals surface area contributed by atoms with E-state index in [0.717, 1.165) is 0 Å². The number of benzene rings is 4. The van der Waals surface area contributed by atoms with E-state index >= 15 is 0 Å². The molecule has 310 valence electrons. The fourth-order valence-electron chi connectivity index (χ4n) is 4.44. The summed E-state index contributed by atoms with van der Waals surface area (Å²) in [4.78, 5) is -0.590. The number of rotatable bonds is 24. The maximum atomic E-state index is 13.2. The number of hydrogen-bond acceptors (Lipinski definition) is 26. The molecule has 0 spiro atoms. The standard InChI is InChI=1S/C27H27N5O19S6/c33-27-19-8-9-22(28-16-57(41,42)43)25(31-30-21-6-1-2-7-24(21)56(39,40)13-11-45-54-51-48-36)20(19)15-23(52-49-46-34)26(27)32-29-17-4-3-5-18(14-17)55(37,38)12-10-44-53-50-47-35/h1-9,14-15,28,33-36H,10-13,16H2,(H,41,42,43). The number of azo groups is 2. The van der Waals surface area contributed by atoms with Crippen LogP contribution in [0, 0.1) is 0 Å². The molecule has 6 N–H and O–H groups in total. The molecule has 0 aliphatic carbocycles. The van der Waals surface area contributed by atoms with E-state index < -0.39 is 59.5 Å². The van der Waals surface area contributed by atoms with Gasteiger partial charge in [0.25, 0.3) is 10.1 Å². The number of phenolic OH excluding ortho intramolecular Hbond substituents is 1. The van der Waals surface area contributed by atoms with Gasteiger partial charge in [-0.2, -0.15) is 13.5 Å². The minimum atomic E-state index is -4.60. The number of nitrogens with zero attached hydrogens (tertiary/aromatic N) is 4. The first-order valence-electron chi connectivity index (χ1n) is 14.9. The topological polar surface area (TPSA) is 339 Å². The summed E-state index contributed by atoms with van der Waals surface area (Å²) in [6.45, 7) is -0.762. The number of nitrogens with one attached hydrogen (secondary N) is 1. The van der Waals surface area contributed by atoms with Gasteiger partial charge in [-0.25, -0.2) is 32.6 Å². The van der Waals surface area contributed by atoms with Gasteiger partial charge >= 0.3 is 0 Å². The van der Waals surface area contributed by atoms with Crippen molar-refractivity contribution in [2.45, 2.75) is 14.7 Å². The average molecular weight is 918 g/mol. The van der Waals surface area contributed by atoms with Gasteiger partial charge in [0.1, 0.15) is 22.9 Å². The van der Waals surface area contributed by atoms with Gasteiger partial charge in [0.2, 0.25) is 0 Å². The van der Waals surface area contributed by atoms with Crippen molar-refractivity contribution in [3.05, 3.63) is 66.7 Å². The minimum absolute atomic E-state index is 0.000803. The van der Waals surface area contributed by atoms with E-state index in [-0.39, 0.29) is 85.1 Å². The molecule has 4 aromatic carbocycles. The Balaban J connectivity index is 1.78. The van der Waals surface area contributed by atoms with Crippen LogP contribution in [0.3, 0.4) is 0 Å². The van der Waals surface area contributed by atoms with Crippen LogP contribution in [0.2, 0.25) is 0 Å². The van der Waals surface area contributed by atoms with Gasteiger partial charge in [-0.15, -0.1) is 28.3 Å². The zero-order chi connectivity index (χ0) is 41.5. The van der Waals surface area contributed by atoms with Crippen molar-refractivity contribution in [3.8, 4) is 5.75 Å². The van der Waals surface area contributed by atoms with Crippen molar-refractivity contribution < 1.29 is 87.2 Å². The van der Waals surface area contributed by atoms with E-state index in [1.54, 1.807) is 0 Å². The number of aromatic hydroxyl groups is 1. The van der Waals surface area contributed by atoms with E-state index in [1.807, 2.05) is 0 Å². The molecule has 0 radical (unpaired) electrons. The largest absolute Gasteiger partial charge is 0.505 e. The molecule has 0 fully saturated rings. The molecule has 57 heavy (non-hydrogen) atoms. The van der Waals surface area contributed by atoms with Crippen molar-refractivity contribution in [1.29, 1.82) is 0 Å². The molecule has 0 heterocycles. The third-order valence-electron chi connectivity index (χ3n) is 6.79. The molecule has 4 aromatic rings. The summed E-state index contributed by atoms with van der Waals surface area (Å²) < 4.78 is 107. The summed E-state index contributed by atoms with van der Waals surface area (Å²) >= 11 is 0.690. The summed E-state index contributed by atoms with van der Waals surface area (Å²) in [5, 5.41) is 65.9. The van der Waals surface area contributed by atoms with Gasteiger partial charge in [-0.3, -0.25) is 12.9 Å². The van der Waals surface area contributed by atoms with Gasteiger partial charge in [0, 0.05) is 10.8 Å². The quantitative estimate of drug-likeness (QED) is 0.0107. The molecule has 0 amide bonds. The highest BCUT2D eigenvalue weighted by Crippen LogP contribution is 2.48. The molecular formula is C27H27N5O19S6. The first-order chi connectivity index (χ1) is 27.2. The van der Waals surface area contributed by atoms with Crippen molar-refractivity contribution in [1.82, 2.24) is 0 Å². The van der Waals surface area contributed by atoms with Crippen LogP contribution in [0.25, 0.3) is 10.8 Å². The summed E-state index contributed by atoms with van der Waals surface area (Å²) in [7, 11) is -12.6. The molecule has 24 nitrogen and oxygen atoms in total. The zero-order valence-electron chi connectivity index (χ0n) is 28.1. The molecule has 4 rings (SSSR count). The molecule has 0 saturated heterocycles. The zero-order valence-corrected chi connectivity index (χ0v) is 33.0. The average Bonchev–Trinajstić information content (AvgIpc) is 3.18. The van der Waals surface area contributed by atoms with Crippen LogP contribution in [-0.4, -0.2) is 81.3 Å². The Morgan fingerprint density at radius 1 is 0.667 bits per heavy atom. The normalized spacial score (nSPS) is 12.6. The lowest BCUT2D eigenvalue weighted by Crippen LogP contribution is -2.13. The van der Waals surface area contributed by atoms with E-state index in [0.29, 0.717) is 12.0 Å². The number of phenols is 1. The Morgan fingerprint density at radius 3 is 1.98 bits per heavy atom. The van der Waals surface area contributed by atoms with Crippen LogP contribution >= 0.6 is 36.7 Å². The predicted octanol–water partition coefficient (Wildman–Crippen LogP) is 6.61. The fourth-order valence-corrected chi connectivity index (χ4v) is 8.26. The fraction of sp³-hybridized carbons (Fsp3) is 0.185. The Bertz CT molecular complexity index is 2390. The van der Waals surface area contributed by atoms with Crippen molar-refractivity contribution in [2.75, 3.05) is 35.9 Å². The van der Waals surface area contributed by atoms with Gasteiger partial charge in [-0.1, -0.05) is 33.3 Å². The lowest BCUT2D eigenvalue weighted by Gasteiger charge is -2.14. The highest BCUT2D eigenvalue weighted by molar-refractivity contribution is 7.94. The molecule has 30 heteroatoms. The SMILES string of the molecule is O=S(=O)(O)CNc1ccc2c(O)c(N=Nc3cccc(S(=O)(=O)CCOSOOO)c3)c(SOOO)cc2c1N=Nc1ccccc1S(=O)(=O)CCOSOOO. The molecule has 0 aliphatic rings. The van der Waals surface area contributed by atoms with Crippen LogP contribution < -0.4 is 5.32 Å². The smallest absolute Gasteiger partial charge is 0.283 e. The maximum absolute atomic E-state index is 13.2. The highest BCUT2D eigenvalue weighted by atomic mass is 32.2. The van der Waals surface area contributed by atoms with Gasteiger partial charge in [0.15, 0.2) is 50.1 Å². The molecule has 0 aromatic heterocycles. The number of sulfone groups is 2. The number of fused-ring (bicyclic) bond motifs is 1. The van der Waals surface area contributed by atoms with Crippen LogP contribution in [0.5, 0.6) is 5.75 Å². The first-order valence-corrected chi connectivity index (χ1v) is 21.9. The second-order valence-corrected chi connectivity index (χ2v) is 17.7. The van der Waals surface area contributed by atoms with E-state index in [9.17, 15) is 34.9 Å². The van der Waals surface area contributed by atoms with Crippen LogP contribution in [0.4, 0.5) is 28.4 Å². The Morgan fingerprint density at radius 2 is 1.32 bits per heavy atom. The monoisotopic (exact) mass is 917 g/mol. The third kappa shape index (κ3) is 13.7. The van der Waals surface area contributed by atoms with E-state index in [2.05, 4.69) is 53.9 Å². The summed E-state index contributed by atoms with van der Waals surface area (Å²) in [5.74, 6) is -2.69. The van der Waals surface area contributed by atoms with Crippen molar-refractivity contribution in [2.24, 2.45) is 20.5 Å². The van der Waals surface area contributed by atoms with Gasteiger partial charge in [-0.05, 0) is 48.5 Å². The highest BCUT2D eigenvalue weighted by Gasteiger charge is 2.22. The van der Waals surface area contributed by atoms with Crippen LogP contribution in [0.1, 0.15) is 0 Å². The van der Waals surface area contributed by atoms with Crippen LogP contribution in [-0.2, 0) is 66.3 Å². The van der Waals surface area contributed by atoms with Gasteiger partial charge < -0.3 is 10.4 Å².